The number of ether oxygens (including phenoxy) is 1. The predicted molar refractivity (Wildman–Crippen MR) is 81.2 cm³/mol. The summed E-state index contributed by atoms with van der Waals surface area (Å²) in [6, 6.07) is 6.95. The van der Waals surface area contributed by atoms with E-state index < -0.39 is 0 Å². The monoisotopic (exact) mass is 291 g/mol. The van der Waals surface area contributed by atoms with Crippen LogP contribution in [0, 0.1) is 0 Å². The van der Waals surface area contributed by atoms with Crippen molar-refractivity contribution in [2.24, 2.45) is 0 Å². The lowest BCUT2D eigenvalue weighted by molar-refractivity contribution is 0.0974. The molecule has 20 heavy (non-hydrogen) atoms. The Balaban J connectivity index is 2.13. The Kier molecular flexibility index (Phi) is 4.74. The van der Waals surface area contributed by atoms with E-state index in [0.717, 1.165) is 12.8 Å². The Morgan fingerprint density at radius 2 is 2.00 bits per heavy atom. The number of carbonyl (C=O) groups is 1. The highest BCUT2D eigenvalue weighted by Gasteiger charge is 2.19. The van der Waals surface area contributed by atoms with Crippen molar-refractivity contribution >= 4 is 23.1 Å². The molecular formula is C15H17NO3S. The average molecular weight is 291 g/mol. The Morgan fingerprint density at radius 3 is 2.70 bits per heavy atom. The minimum atomic E-state index is -0.321. The zero-order valence-corrected chi connectivity index (χ0v) is 12.1. The second-order valence-corrected chi connectivity index (χ2v) is 5.02. The van der Waals surface area contributed by atoms with Gasteiger partial charge < -0.3 is 15.2 Å². The molecule has 0 aliphatic heterocycles. The normalized spacial score (nSPS) is 14.8. The summed E-state index contributed by atoms with van der Waals surface area (Å²) in [6.07, 6.45) is 3.26. The molecule has 2 rings (SSSR count). The van der Waals surface area contributed by atoms with Gasteiger partial charge in [-0.2, -0.15) is 0 Å². The van der Waals surface area contributed by atoms with E-state index in [2.05, 4.69) is 5.32 Å². The van der Waals surface area contributed by atoms with Crippen LogP contribution in [0.25, 0.3) is 0 Å². The SMILES string of the molecule is COc1ccccc1C(=O)NC(=S)C1=C(O)CCCC1. The molecule has 1 aromatic carbocycles. The van der Waals surface area contributed by atoms with E-state index in [0.29, 0.717) is 40.5 Å². The molecule has 2 N–H and O–H groups in total. The molecule has 0 saturated heterocycles. The number of aliphatic hydroxyl groups is 1. The van der Waals surface area contributed by atoms with Crippen molar-refractivity contribution < 1.29 is 14.6 Å². The van der Waals surface area contributed by atoms with E-state index in [-0.39, 0.29) is 5.91 Å². The van der Waals surface area contributed by atoms with Crippen LogP contribution >= 0.6 is 12.2 Å². The van der Waals surface area contributed by atoms with Crippen LogP contribution in [-0.4, -0.2) is 23.1 Å². The van der Waals surface area contributed by atoms with Crippen LogP contribution in [0.4, 0.5) is 0 Å². The average Bonchev–Trinajstić information content (AvgIpc) is 2.47. The third-order valence-corrected chi connectivity index (χ3v) is 3.64. The molecular weight excluding hydrogens is 274 g/mol. The third kappa shape index (κ3) is 3.17. The molecule has 1 aliphatic rings. The van der Waals surface area contributed by atoms with Gasteiger partial charge in [0.15, 0.2) is 0 Å². The molecule has 1 amide bonds. The molecule has 0 spiro atoms. The van der Waals surface area contributed by atoms with E-state index in [4.69, 9.17) is 17.0 Å². The highest BCUT2D eigenvalue weighted by Crippen LogP contribution is 2.24. The van der Waals surface area contributed by atoms with Gasteiger partial charge in [0.25, 0.3) is 5.91 Å². The summed E-state index contributed by atoms with van der Waals surface area (Å²) in [7, 11) is 1.51. The van der Waals surface area contributed by atoms with Crippen LogP contribution in [0.5, 0.6) is 5.75 Å². The number of carbonyl (C=O) groups excluding carboxylic acids is 1. The van der Waals surface area contributed by atoms with Crippen molar-refractivity contribution in [2.75, 3.05) is 7.11 Å². The van der Waals surface area contributed by atoms with Gasteiger partial charge in [-0.3, -0.25) is 4.79 Å². The summed E-state index contributed by atoms with van der Waals surface area (Å²) in [5.41, 5.74) is 1.10. The van der Waals surface area contributed by atoms with Gasteiger partial charge in [-0.1, -0.05) is 24.4 Å². The lowest BCUT2D eigenvalue weighted by Crippen LogP contribution is -2.31. The van der Waals surface area contributed by atoms with E-state index in [1.807, 2.05) is 0 Å². The first-order valence-corrected chi connectivity index (χ1v) is 6.94. The smallest absolute Gasteiger partial charge is 0.260 e. The fourth-order valence-corrected chi connectivity index (χ4v) is 2.52. The molecule has 5 heteroatoms. The van der Waals surface area contributed by atoms with Gasteiger partial charge in [-0.05, 0) is 31.4 Å². The molecule has 4 nitrogen and oxygen atoms in total. The van der Waals surface area contributed by atoms with Crippen molar-refractivity contribution in [3.05, 3.63) is 41.2 Å². The number of rotatable bonds is 3. The maximum atomic E-state index is 12.2. The van der Waals surface area contributed by atoms with Gasteiger partial charge in [0, 0.05) is 12.0 Å². The Bertz CT molecular complexity index is 566. The van der Waals surface area contributed by atoms with Gasteiger partial charge in [0.1, 0.15) is 10.7 Å². The Morgan fingerprint density at radius 1 is 1.30 bits per heavy atom. The molecule has 106 valence electrons. The summed E-state index contributed by atoms with van der Waals surface area (Å²) >= 11 is 5.22. The van der Waals surface area contributed by atoms with E-state index in [1.165, 1.54) is 7.11 Å². The van der Waals surface area contributed by atoms with Gasteiger partial charge in [0.2, 0.25) is 0 Å². The van der Waals surface area contributed by atoms with Gasteiger partial charge in [0.05, 0.1) is 18.4 Å². The molecule has 0 bridgehead atoms. The Hall–Kier alpha value is -1.88. The predicted octanol–water partition coefficient (Wildman–Crippen LogP) is 3.14. The van der Waals surface area contributed by atoms with Crippen LogP contribution in [0.1, 0.15) is 36.0 Å². The van der Waals surface area contributed by atoms with Crippen molar-refractivity contribution in [3.63, 3.8) is 0 Å². The minimum absolute atomic E-state index is 0.293. The van der Waals surface area contributed by atoms with Gasteiger partial charge in [-0.25, -0.2) is 0 Å². The van der Waals surface area contributed by atoms with Crippen LogP contribution in [-0.2, 0) is 0 Å². The summed E-state index contributed by atoms with van der Waals surface area (Å²) in [5.74, 6) is 0.467. The second kappa shape index (κ2) is 6.52. The maximum absolute atomic E-state index is 12.2. The molecule has 0 atom stereocenters. The van der Waals surface area contributed by atoms with E-state index in [9.17, 15) is 9.90 Å². The number of thiocarbonyl (C=S) groups is 1. The molecule has 1 aliphatic carbocycles. The first kappa shape index (κ1) is 14.5. The summed E-state index contributed by atoms with van der Waals surface area (Å²) in [6.45, 7) is 0. The van der Waals surface area contributed by atoms with E-state index >= 15 is 0 Å². The molecule has 0 fully saturated rings. The molecule has 1 aromatic rings. The molecule has 0 radical (unpaired) electrons. The highest BCUT2D eigenvalue weighted by molar-refractivity contribution is 7.80. The quantitative estimate of drug-likeness (QED) is 0.840. The lowest BCUT2D eigenvalue weighted by atomic mass is 9.97. The van der Waals surface area contributed by atoms with Crippen LogP contribution < -0.4 is 10.1 Å². The fraction of sp³-hybridized carbons (Fsp3) is 0.333. The number of allylic oxidation sites excluding steroid dienone is 1. The number of aliphatic hydroxyl groups excluding tert-OH is 1. The molecule has 0 aromatic heterocycles. The van der Waals surface area contributed by atoms with Crippen LogP contribution in [0.15, 0.2) is 35.6 Å². The third-order valence-electron chi connectivity index (χ3n) is 3.29. The number of amides is 1. The summed E-state index contributed by atoms with van der Waals surface area (Å²) in [5, 5.41) is 12.5. The number of methoxy groups -OCH3 is 1. The van der Waals surface area contributed by atoms with E-state index in [1.54, 1.807) is 24.3 Å². The van der Waals surface area contributed by atoms with Crippen molar-refractivity contribution in [3.8, 4) is 5.75 Å². The highest BCUT2D eigenvalue weighted by atomic mass is 32.1. The number of hydrogen-bond donors (Lipinski definition) is 2. The van der Waals surface area contributed by atoms with Gasteiger partial charge >= 0.3 is 0 Å². The topological polar surface area (TPSA) is 58.6 Å². The number of hydrogen-bond acceptors (Lipinski definition) is 4. The number of nitrogens with one attached hydrogen (secondary N) is 1. The zero-order chi connectivity index (χ0) is 14.5. The van der Waals surface area contributed by atoms with Crippen molar-refractivity contribution in [1.29, 1.82) is 0 Å². The zero-order valence-electron chi connectivity index (χ0n) is 11.3. The standard InChI is InChI=1S/C15H17NO3S/c1-19-13-9-5-3-7-11(13)14(18)16-15(20)10-6-2-4-8-12(10)17/h3,5,7,9,17H,2,4,6,8H2,1H3,(H,16,18,20). The molecule has 0 saturated carbocycles. The van der Waals surface area contributed by atoms with Crippen LogP contribution in [0.3, 0.4) is 0 Å². The van der Waals surface area contributed by atoms with Crippen molar-refractivity contribution in [1.82, 2.24) is 5.32 Å². The number of para-hydroxylation sites is 1. The largest absolute Gasteiger partial charge is 0.512 e. The minimum Gasteiger partial charge on any atom is -0.512 e. The molecule has 0 heterocycles. The fourth-order valence-electron chi connectivity index (χ4n) is 2.21. The lowest BCUT2D eigenvalue weighted by Gasteiger charge is -2.17. The second-order valence-electron chi connectivity index (χ2n) is 4.62. The van der Waals surface area contributed by atoms with Crippen molar-refractivity contribution in [2.45, 2.75) is 25.7 Å². The molecule has 0 unspecified atom stereocenters. The summed E-state index contributed by atoms with van der Waals surface area (Å²) in [4.78, 5) is 12.5. The first-order valence-electron chi connectivity index (χ1n) is 6.53. The summed E-state index contributed by atoms with van der Waals surface area (Å²) < 4.78 is 5.15. The first-order chi connectivity index (χ1) is 9.63. The van der Waals surface area contributed by atoms with Crippen LogP contribution in [0.2, 0.25) is 0 Å². The maximum Gasteiger partial charge on any atom is 0.260 e. The number of benzene rings is 1. The Labute approximate surface area is 123 Å². The van der Waals surface area contributed by atoms with Gasteiger partial charge in [-0.15, -0.1) is 0 Å².